The van der Waals surface area contributed by atoms with Crippen LogP contribution in [0.4, 0.5) is 11.4 Å². The Labute approximate surface area is 94.4 Å². The smallest absolute Gasteiger partial charge is 0.316 e. The largest absolute Gasteiger partial charge is 0.369 e. The summed E-state index contributed by atoms with van der Waals surface area (Å²) in [5, 5.41) is 8.72. The van der Waals surface area contributed by atoms with Crippen molar-refractivity contribution in [1.82, 2.24) is 4.90 Å². The van der Waals surface area contributed by atoms with Crippen molar-refractivity contribution in [3.8, 4) is 0 Å². The number of rotatable bonds is 2. The second-order valence-electron chi connectivity index (χ2n) is 4.08. The van der Waals surface area contributed by atoms with Gasteiger partial charge >= 0.3 is 5.69 Å². The molecule has 0 radical (unpaired) electrons. The summed E-state index contributed by atoms with van der Waals surface area (Å²) in [7, 11) is 2.11. The highest BCUT2D eigenvalue weighted by atomic mass is 16.6. The Morgan fingerprint density at radius 2 is 1.69 bits per heavy atom. The highest BCUT2D eigenvalue weighted by Crippen LogP contribution is 2.19. The second kappa shape index (κ2) is 4.49. The van der Waals surface area contributed by atoms with Crippen LogP contribution in [0.15, 0.2) is 24.3 Å². The van der Waals surface area contributed by atoms with Crippen molar-refractivity contribution in [2.24, 2.45) is 0 Å². The van der Waals surface area contributed by atoms with Gasteiger partial charge in [-0.25, -0.2) is 5.21 Å². The maximum Gasteiger partial charge on any atom is 0.316 e. The fraction of sp³-hybridized carbons (Fsp3) is 0.455. The van der Waals surface area contributed by atoms with Crippen molar-refractivity contribution in [2.45, 2.75) is 0 Å². The van der Waals surface area contributed by atoms with Crippen LogP contribution in [0, 0.1) is 4.91 Å². The summed E-state index contributed by atoms with van der Waals surface area (Å²) in [6.45, 7) is 4.09. The zero-order valence-electron chi connectivity index (χ0n) is 9.33. The lowest BCUT2D eigenvalue weighted by molar-refractivity contribution is -0.729. The number of benzene rings is 1. The van der Waals surface area contributed by atoms with E-state index in [1.165, 1.54) is 0 Å². The number of hydrogen-bond donors (Lipinski definition) is 1. The number of likely N-dealkylation sites (N-methyl/N-ethyl adjacent to an activating group) is 1. The summed E-state index contributed by atoms with van der Waals surface area (Å²) in [6, 6.07) is 6.98. The fourth-order valence-electron chi connectivity index (χ4n) is 1.86. The molecule has 0 saturated carbocycles. The first-order chi connectivity index (χ1) is 7.66. The molecule has 1 heterocycles. The Morgan fingerprint density at radius 1 is 1.12 bits per heavy atom. The molecule has 86 valence electrons. The van der Waals surface area contributed by atoms with E-state index < -0.39 is 0 Å². The summed E-state index contributed by atoms with van der Waals surface area (Å²) < 4.78 is 0. The molecule has 0 bridgehead atoms. The first kappa shape index (κ1) is 10.9. The van der Waals surface area contributed by atoms with E-state index >= 15 is 0 Å². The maximum absolute atomic E-state index is 10.6. The van der Waals surface area contributed by atoms with Crippen LogP contribution in [0.5, 0.6) is 0 Å². The molecular formula is C11H16N3O2+. The van der Waals surface area contributed by atoms with E-state index in [1.807, 2.05) is 12.1 Å². The summed E-state index contributed by atoms with van der Waals surface area (Å²) in [4.78, 5) is 15.1. The van der Waals surface area contributed by atoms with E-state index in [-0.39, 0.29) is 10.6 Å². The van der Waals surface area contributed by atoms with E-state index in [0.29, 0.717) is 0 Å². The average molecular weight is 222 g/mol. The van der Waals surface area contributed by atoms with Gasteiger partial charge in [-0.3, -0.25) is 0 Å². The van der Waals surface area contributed by atoms with Crippen LogP contribution in [0.25, 0.3) is 0 Å². The molecule has 1 aliphatic rings. The quantitative estimate of drug-likeness (QED) is 0.765. The van der Waals surface area contributed by atoms with Crippen molar-refractivity contribution in [3.63, 3.8) is 0 Å². The van der Waals surface area contributed by atoms with Crippen LogP contribution in [-0.4, -0.2) is 48.3 Å². The molecule has 5 nitrogen and oxygen atoms in total. The van der Waals surface area contributed by atoms with Crippen LogP contribution in [0.1, 0.15) is 0 Å². The zero-order valence-corrected chi connectivity index (χ0v) is 9.33. The molecule has 0 aliphatic carbocycles. The first-order valence-corrected chi connectivity index (χ1v) is 5.36. The summed E-state index contributed by atoms with van der Waals surface area (Å²) in [6.07, 6.45) is 0. The fourth-order valence-corrected chi connectivity index (χ4v) is 1.86. The normalized spacial score (nSPS) is 17.4. The molecule has 0 unspecified atom stereocenters. The van der Waals surface area contributed by atoms with Crippen molar-refractivity contribution in [3.05, 3.63) is 29.2 Å². The SMILES string of the molecule is CN1CCN(c2ccc([N+](=O)O)cc2)CC1. The van der Waals surface area contributed by atoms with Gasteiger partial charge in [0.15, 0.2) is 0 Å². The van der Waals surface area contributed by atoms with Gasteiger partial charge in [-0.2, -0.15) is 0 Å². The van der Waals surface area contributed by atoms with E-state index in [9.17, 15) is 4.91 Å². The highest BCUT2D eigenvalue weighted by Gasteiger charge is 2.16. The van der Waals surface area contributed by atoms with Crippen LogP contribution in [0.2, 0.25) is 0 Å². The van der Waals surface area contributed by atoms with Gasteiger partial charge in [0, 0.05) is 44.0 Å². The molecule has 1 saturated heterocycles. The monoisotopic (exact) mass is 222 g/mol. The topological polar surface area (TPSA) is 46.8 Å². The molecular weight excluding hydrogens is 206 g/mol. The number of piperazine rings is 1. The van der Waals surface area contributed by atoms with Gasteiger partial charge in [0.2, 0.25) is 0 Å². The molecule has 1 aliphatic heterocycles. The molecule has 0 spiro atoms. The van der Waals surface area contributed by atoms with E-state index in [1.54, 1.807) is 12.1 Å². The zero-order chi connectivity index (χ0) is 11.5. The van der Waals surface area contributed by atoms with Crippen LogP contribution >= 0.6 is 0 Å². The average Bonchev–Trinajstić information content (AvgIpc) is 2.30. The van der Waals surface area contributed by atoms with Gasteiger partial charge in [0.1, 0.15) is 0 Å². The van der Waals surface area contributed by atoms with Gasteiger partial charge < -0.3 is 9.80 Å². The van der Waals surface area contributed by atoms with Crippen molar-refractivity contribution >= 4 is 11.4 Å². The van der Waals surface area contributed by atoms with E-state index in [4.69, 9.17) is 5.21 Å². The lowest BCUT2D eigenvalue weighted by atomic mass is 10.2. The van der Waals surface area contributed by atoms with Gasteiger partial charge in [0.25, 0.3) is 4.92 Å². The number of anilines is 1. The Kier molecular flexibility index (Phi) is 3.05. The second-order valence-corrected chi connectivity index (χ2v) is 4.08. The maximum atomic E-state index is 10.6. The molecule has 0 atom stereocenters. The number of nitrogens with zero attached hydrogens (tertiary/aromatic N) is 3. The summed E-state index contributed by atoms with van der Waals surface area (Å²) in [5.41, 5.74) is 1.36. The lowest BCUT2D eigenvalue weighted by Gasteiger charge is -2.33. The molecule has 1 aromatic rings. The predicted octanol–water partition coefficient (Wildman–Crippen LogP) is 1.24. The lowest BCUT2D eigenvalue weighted by Crippen LogP contribution is -2.44. The minimum absolute atomic E-state index is 0.117. The van der Waals surface area contributed by atoms with E-state index in [2.05, 4.69) is 16.8 Å². The first-order valence-electron chi connectivity index (χ1n) is 5.36. The third-order valence-electron chi connectivity index (χ3n) is 2.94. The van der Waals surface area contributed by atoms with Gasteiger partial charge in [-0.15, -0.1) is 0 Å². The molecule has 2 rings (SSSR count). The third kappa shape index (κ3) is 2.30. The van der Waals surface area contributed by atoms with Gasteiger partial charge in [-0.05, 0) is 19.2 Å². The van der Waals surface area contributed by atoms with Crippen molar-refractivity contribution in [2.75, 3.05) is 38.1 Å². The Morgan fingerprint density at radius 3 is 2.19 bits per heavy atom. The van der Waals surface area contributed by atoms with Crippen LogP contribution in [0.3, 0.4) is 0 Å². The Hall–Kier alpha value is -1.62. The molecule has 0 amide bonds. The van der Waals surface area contributed by atoms with Crippen LogP contribution < -0.4 is 4.90 Å². The molecule has 5 heteroatoms. The minimum Gasteiger partial charge on any atom is -0.369 e. The standard InChI is InChI=1S/C11H16N3O2/c1-12-6-8-13(9-7-12)10-2-4-11(5-3-10)14(15)16/h2-5H,6-9H2,1H3,(H,15,16)/q+1. The third-order valence-corrected chi connectivity index (χ3v) is 2.94. The van der Waals surface area contributed by atoms with Crippen LogP contribution in [-0.2, 0) is 0 Å². The van der Waals surface area contributed by atoms with Crippen molar-refractivity contribution < 1.29 is 10.1 Å². The highest BCUT2D eigenvalue weighted by molar-refractivity contribution is 5.51. The van der Waals surface area contributed by atoms with Crippen molar-refractivity contribution in [1.29, 1.82) is 0 Å². The van der Waals surface area contributed by atoms with Gasteiger partial charge in [0.05, 0.1) is 4.91 Å². The molecule has 1 aromatic carbocycles. The Balaban J connectivity index is 2.07. The van der Waals surface area contributed by atoms with Gasteiger partial charge in [-0.1, -0.05) is 0 Å². The summed E-state index contributed by atoms with van der Waals surface area (Å²) >= 11 is 0. The molecule has 1 fully saturated rings. The van der Waals surface area contributed by atoms with E-state index in [0.717, 1.165) is 31.9 Å². The number of hydrogen-bond acceptors (Lipinski definition) is 3. The predicted molar refractivity (Wildman–Crippen MR) is 61.2 cm³/mol. The summed E-state index contributed by atoms with van der Waals surface area (Å²) in [5.74, 6) is 0. The Bertz CT molecular complexity index is 369. The molecule has 1 N–H and O–H groups in total. The minimum atomic E-state index is -0.117. The molecule has 16 heavy (non-hydrogen) atoms. The molecule has 0 aromatic heterocycles.